The second kappa shape index (κ2) is 6.32. The van der Waals surface area contributed by atoms with Gasteiger partial charge in [-0.25, -0.2) is 0 Å². The summed E-state index contributed by atoms with van der Waals surface area (Å²) >= 11 is 0. The second-order valence-electron chi connectivity index (χ2n) is 5.72. The number of nitrogens with one attached hydrogen (secondary N) is 1. The lowest BCUT2D eigenvalue weighted by atomic mass is 10.0. The van der Waals surface area contributed by atoms with E-state index in [9.17, 15) is 9.59 Å². The molecule has 2 rings (SSSR count). The number of nitrogens with zero attached hydrogens (tertiary/aromatic N) is 1. The third kappa shape index (κ3) is 4.41. The fourth-order valence-electron chi connectivity index (χ4n) is 2.69. The minimum absolute atomic E-state index is 0.132. The van der Waals surface area contributed by atoms with Gasteiger partial charge in [-0.3, -0.25) is 14.5 Å². The van der Waals surface area contributed by atoms with Gasteiger partial charge in [-0.1, -0.05) is 12.8 Å². The number of ketones is 1. The lowest BCUT2D eigenvalue weighted by molar-refractivity contribution is -0.124. The van der Waals surface area contributed by atoms with Gasteiger partial charge in [-0.15, -0.1) is 0 Å². The van der Waals surface area contributed by atoms with Crippen molar-refractivity contribution in [3.8, 4) is 0 Å². The molecular weight excluding hydrogens is 228 g/mol. The minimum Gasteiger partial charge on any atom is -0.352 e. The molecule has 1 saturated heterocycles. The highest BCUT2D eigenvalue weighted by atomic mass is 16.2. The van der Waals surface area contributed by atoms with Crippen molar-refractivity contribution < 1.29 is 9.59 Å². The van der Waals surface area contributed by atoms with E-state index in [1.807, 2.05) is 0 Å². The maximum Gasteiger partial charge on any atom is 0.234 e. The van der Waals surface area contributed by atoms with Crippen LogP contribution in [0.5, 0.6) is 0 Å². The summed E-state index contributed by atoms with van der Waals surface area (Å²) in [6, 6.07) is 0.700. The van der Waals surface area contributed by atoms with E-state index in [1.54, 1.807) is 6.92 Å². The molecule has 18 heavy (non-hydrogen) atoms. The van der Waals surface area contributed by atoms with Crippen LogP contribution in [-0.2, 0) is 9.59 Å². The molecule has 2 aliphatic rings. The Morgan fingerprint density at radius 2 is 1.94 bits per heavy atom. The summed E-state index contributed by atoms with van der Waals surface area (Å²) in [5.41, 5.74) is 0. The molecule has 4 heteroatoms. The molecule has 1 unspecified atom stereocenters. The fraction of sp³-hybridized carbons (Fsp3) is 0.857. The lowest BCUT2D eigenvalue weighted by Gasteiger charge is -2.28. The van der Waals surface area contributed by atoms with Crippen LogP contribution in [0.1, 0.15) is 51.9 Å². The Balaban J connectivity index is 1.87. The molecule has 0 aromatic rings. The Morgan fingerprint density at radius 1 is 1.17 bits per heavy atom. The van der Waals surface area contributed by atoms with Gasteiger partial charge in [0.2, 0.25) is 5.91 Å². The molecule has 0 spiro atoms. The molecule has 1 aliphatic heterocycles. The summed E-state index contributed by atoms with van der Waals surface area (Å²) in [7, 11) is 0. The average molecular weight is 252 g/mol. The number of hydrogen-bond donors (Lipinski definition) is 1. The first-order valence-corrected chi connectivity index (χ1v) is 7.18. The number of likely N-dealkylation sites (tertiary alicyclic amines) is 1. The van der Waals surface area contributed by atoms with Gasteiger partial charge in [0, 0.05) is 18.5 Å². The molecule has 1 saturated carbocycles. The Hall–Kier alpha value is -0.900. The first kappa shape index (κ1) is 13.5. The Bertz CT molecular complexity index is 313. The van der Waals surface area contributed by atoms with Gasteiger partial charge in [0.15, 0.2) is 0 Å². The van der Waals surface area contributed by atoms with Crippen molar-refractivity contribution in [2.75, 3.05) is 13.1 Å². The van der Waals surface area contributed by atoms with Crippen molar-refractivity contribution in [2.24, 2.45) is 0 Å². The number of rotatable bonds is 5. The molecule has 1 heterocycles. The maximum absolute atomic E-state index is 11.9. The average Bonchev–Trinajstić information content (AvgIpc) is 3.08. The van der Waals surface area contributed by atoms with Gasteiger partial charge in [0.1, 0.15) is 5.78 Å². The largest absolute Gasteiger partial charge is 0.352 e. The number of carbonyl (C=O) groups is 2. The number of Topliss-reactive ketones (excluding diaryl/α,β-unsaturated/α-hetero) is 1. The first-order valence-electron chi connectivity index (χ1n) is 7.18. The van der Waals surface area contributed by atoms with Crippen LogP contribution in [0.15, 0.2) is 0 Å². The molecule has 1 N–H and O–H groups in total. The summed E-state index contributed by atoms with van der Waals surface area (Å²) in [4.78, 5) is 25.4. The zero-order chi connectivity index (χ0) is 13.0. The molecule has 4 nitrogen and oxygen atoms in total. The summed E-state index contributed by atoms with van der Waals surface area (Å²) in [5, 5.41) is 3.03. The lowest BCUT2D eigenvalue weighted by Crippen LogP contribution is -2.44. The van der Waals surface area contributed by atoms with E-state index in [2.05, 4.69) is 10.2 Å². The van der Waals surface area contributed by atoms with Crippen LogP contribution in [0.3, 0.4) is 0 Å². The Morgan fingerprint density at radius 3 is 2.61 bits per heavy atom. The van der Waals surface area contributed by atoms with E-state index in [0.717, 1.165) is 32.2 Å². The van der Waals surface area contributed by atoms with Crippen molar-refractivity contribution >= 4 is 11.7 Å². The third-order valence-corrected chi connectivity index (χ3v) is 3.81. The van der Waals surface area contributed by atoms with E-state index in [0.29, 0.717) is 19.0 Å². The highest BCUT2D eigenvalue weighted by Gasteiger charge is 2.27. The Kier molecular flexibility index (Phi) is 4.75. The number of carbonyl (C=O) groups excluding carboxylic acids is 2. The van der Waals surface area contributed by atoms with Crippen LogP contribution >= 0.6 is 0 Å². The molecule has 0 aromatic carbocycles. The number of hydrogen-bond acceptors (Lipinski definition) is 3. The summed E-state index contributed by atoms with van der Waals surface area (Å²) in [6.07, 6.45) is 7.44. The predicted octanol–water partition coefficient (Wildman–Crippen LogP) is 1.49. The number of amides is 1. The van der Waals surface area contributed by atoms with Crippen molar-refractivity contribution in [1.29, 1.82) is 0 Å². The smallest absolute Gasteiger partial charge is 0.234 e. The van der Waals surface area contributed by atoms with E-state index < -0.39 is 0 Å². The highest BCUT2D eigenvalue weighted by molar-refractivity contribution is 5.79. The topological polar surface area (TPSA) is 49.4 Å². The normalized spacial score (nSPS) is 25.5. The van der Waals surface area contributed by atoms with Crippen LogP contribution in [0, 0.1) is 0 Å². The summed E-state index contributed by atoms with van der Waals surface area (Å²) < 4.78 is 0. The van der Waals surface area contributed by atoms with Crippen molar-refractivity contribution in [3.05, 3.63) is 0 Å². The van der Waals surface area contributed by atoms with Gasteiger partial charge in [0.25, 0.3) is 0 Å². The zero-order valence-corrected chi connectivity index (χ0v) is 11.3. The summed E-state index contributed by atoms with van der Waals surface area (Å²) in [6.45, 7) is 3.07. The van der Waals surface area contributed by atoms with Crippen molar-refractivity contribution in [3.63, 3.8) is 0 Å². The molecular formula is C14H24N2O2. The van der Waals surface area contributed by atoms with Crippen LogP contribution < -0.4 is 5.32 Å². The van der Waals surface area contributed by atoms with Gasteiger partial charge >= 0.3 is 0 Å². The molecule has 1 atom stereocenters. The SMILES string of the molecule is CC(=O)CC1CCCCCN1CC(=O)NC1CC1. The quantitative estimate of drug-likeness (QED) is 0.806. The van der Waals surface area contributed by atoms with E-state index in [1.165, 1.54) is 12.8 Å². The van der Waals surface area contributed by atoms with Gasteiger partial charge in [0.05, 0.1) is 6.54 Å². The first-order chi connectivity index (χ1) is 8.65. The van der Waals surface area contributed by atoms with Gasteiger partial charge < -0.3 is 5.32 Å². The van der Waals surface area contributed by atoms with Gasteiger partial charge in [-0.05, 0) is 39.2 Å². The molecule has 1 aliphatic carbocycles. The molecule has 0 bridgehead atoms. The van der Waals surface area contributed by atoms with Crippen molar-refractivity contribution in [2.45, 2.75) is 64.0 Å². The predicted molar refractivity (Wildman–Crippen MR) is 70.3 cm³/mol. The molecule has 0 radical (unpaired) electrons. The van der Waals surface area contributed by atoms with Crippen LogP contribution in [0.4, 0.5) is 0 Å². The van der Waals surface area contributed by atoms with Crippen LogP contribution in [-0.4, -0.2) is 41.8 Å². The molecule has 2 fully saturated rings. The second-order valence-corrected chi connectivity index (χ2v) is 5.72. The minimum atomic E-state index is 0.132. The van der Waals surface area contributed by atoms with E-state index in [-0.39, 0.29) is 17.7 Å². The van der Waals surface area contributed by atoms with Gasteiger partial charge in [-0.2, -0.15) is 0 Å². The van der Waals surface area contributed by atoms with Crippen LogP contribution in [0.2, 0.25) is 0 Å². The molecule has 1 amide bonds. The molecule has 0 aromatic heterocycles. The summed E-state index contributed by atoms with van der Waals surface area (Å²) in [5.74, 6) is 0.363. The third-order valence-electron chi connectivity index (χ3n) is 3.81. The maximum atomic E-state index is 11.9. The fourth-order valence-corrected chi connectivity index (χ4v) is 2.69. The van der Waals surface area contributed by atoms with E-state index in [4.69, 9.17) is 0 Å². The van der Waals surface area contributed by atoms with Crippen molar-refractivity contribution in [1.82, 2.24) is 10.2 Å². The zero-order valence-electron chi connectivity index (χ0n) is 11.3. The monoisotopic (exact) mass is 252 g/mol. The van der Waals surface area contributed by atoms with Crippen LogP contribution in [0.25, 0.3) is 0 Å². The molecule has 102 valence electrons. The highest BCUT2D eigenvalue weighted by Crippen LogP contribution is 2.21. The standard InChI is InChI=1S/C14H24N2O2/c1-11(17)9-13-5-3-2-4-8-16(13)10-14(18)15-12-6-7-12/h12-13H,2-10H2,1H3,(H,15,18). The van der Waals surface area contributed by atoms with E-state index >= 15 is 0 Å². The Labute approximate surface area is 109 Å².